The van der Waals surface area contributed by atoms with Crippen molar-refractivity contribution in [1.82, 2.24) is 0 Å². The van der Waals surface area contributed by atoms with E-state index in [1.165, 1.54) is 0 Å². The molecule has 2 nitrogen and oxygen atoms in total. The second kappa shape index (κ2) is 5.10. The van der Waals surface area contributed by atoms with Gasteiger partial charge >= 0.3 is 17.8 Å². The van der Waals surface area contributed by atoms with Crippen LogP contribution in [-0.4, -0.2) is 23.4 Å². The molecular formula is C16H24F4O2. The molecule has 0 amide bonds. The van der Waals surface area contributed by atoms with E-state index in [1.54, 1.807) is 27.7 Å². The maximum absolute atomic E-state index is 14.1. The van der Waals surface area contributed by atoms with E-state index in [2.05, 4.69) is 0 Å². The van der Waals surface area contributed by atoms with Crippen molar-refractivity contribution < 1.29 is 27.1 Å². The number of esters is 1. The van der Waals surface area contributed by atoms with E-state index in [1.807, 2.05) is 0 Å². The van der Waals surface area contributed by atoms with Gasteiger partial charge in [0, 0.05) is 12.8 Å². The van der Waals surface area contributed by atoms with E-state index in [4.69, 9.17) is 4.74 Å². The Morgan fingerprint density at radius 1 is 1.05 bits per heavy atom. The molecule has 0 saturated heterocycles. The van der Waals surface area contributed by atoms with Gasteiger partial charge in [0.05, 0.1) is 5.92 Å². The first kappa shape index (κ1) is 17.5. The minimum atomic E-state index is -4.04. The molecule has 0 N–H and O–H groups in total. The summed E-state index contributed by atoms with van der Waals surface area (Å²) in [6, 6.07) is 0. The van der Waals surface area contributed by atoms with Gasteiger partial charge in [0.1, 0.15) is 5.60 Å². The van der Waals surface area contributed by atoms with Crippen LogP contribution in [0.4, 0.5) is 17.6 Å². The van der Waals surface area contributed by atoms with Crippen LogP contribution in [0.2, 0.25) is 0 Å². The Kier molecular flexibility index (Phi) is 4.06. The van der Waals surface area contributed by atoms with Crippen LogP contribution in [0.1, 0.15) is 47.5 Å². The third-order valence-corrected chi connectivity index (χ3v) is 5.11. The van der Waals surface area contributed by atoms with Crippen LogP contribution in [0.25, 0.3) is 0 Å². The third-order valence-electron chi connectivity index (χ3n) is 5.11. The molecule has 2 saturated carbocycles. The summed E-state index contributed by atoms with van der Waals surface area (Å²) < 4.78 is 60.1. The monoisotopic (exact) mass is 324 g/mol. The highest BCUT2D eigenvalue weighted by Crippen LogP contribution is 2.62. The zero-order chi connectivity index (χ0) is 17.1. The number of halogens is 4. The van der Waals surface area contributed by atoms with Gasteiger partial charge in [-0.1, -0.05) is 6.92 Å². The van der Waals surface area contributed by atoms with E-state index in [0.717, 1.165) is 0 Å². The topological polar surface area (TPSA) is 26.3 Å². The van der Waals surface area contributed by atoms with Crippen LogP contribution in [0.3, 0.4) is 0 Å². The highest BCUT2D eigenvalue weighted by molar-refractivity contribution is 5.74. The lowest BCUT2D eigenvalue weighted by Crippen LogP contribution is -2.50. The van der Waals surface area contributed by atoms with Crippen LogP contribution in [0, 0.1) is 29.6 Å². The second-order valence-electron chi connectivity index (χ2n) is 7.93. The number of hydrogen-bond donors (Lipinski definition) is 0. The molecule has 2 bridgehead atoms. The van der Waals surface area contributed by atoms with Crippen molar-refractivity contribution in [1.29, 1.82) is 0 Å². The average Bonchev–Trinajstić information content (AvgIpc) is 2.81. The van der Waals surface area contributed by atoms with Crippen molar-refractivity contribution in [2.24, 2.45) is 29.6 Å². The fraction of sp³-hybridized carbons (Fsp3) is 0.938. The number of carbonyl (C=O) groups excluding carboxylic acids is 1. The van der Waals surface area contributed by atoms with E-state index in [0.29, 0.717) is 6.42 Å². The number of hydrogen-bond acceptors (Lipinski definition) is 2. The highest BCUT2D eigenvalue weighted by Gasteiger charge is 2.67. The molecule has 22 heavy (non-hydrogen) atoms. The van der Waals surface area contributed by atoms with E-state index >= 15 is 0 Å². The van der Waals surface area contributed by atoms with Crippen molar-refractivity contribution in [3.05, 3.63) is 0 Å². The lowest BCUT2D eigenvalue weighted by molar-refractivity contribution is -0.244. The molecule has 0 spiro atoms. The van der Waals surface area contributed by atoms with Gasteiger partial charge in [-0.25, -0.2) is 8.78 Å². The Morgan fingerprint density at radius 3 is 2.00 bits per heavy atom. The summed E-state index contributed by atoms with van der Waals surface area (Å²) in [5.41, 5.74) is -0.637. The Bertz CT molecular complexity index is 448. The molecule has 5 atom stereocenters. The molecule has 2 aliphatic rings. The summed E-state index contributed by atoms with van der Waals surface area (Å²) in [5.74, 6) is -11.7. The Hall–Kier alpha value is -0.810. The van der Waals surface area contributed by atoms with Gasteiger partial charge < -0.3 is 4.74 Å². The highest BCUT2D eigenvalue weighted by atomic mass is 19.3. The van der Waals surface area contributed by atoms with Gasteiger partial charge in [-0.15, -0.1) is 0 Å². The van der Waals surface area contributed by atoms with Gasteiger partial charge in [0.25, 0.3) is 0 Å². The molecule has 2 fully saturated rings. The molecule has 6 heteroatoms. The molecule has 0 aliphatic heterocycles. The van der Waals surface area contributed by atoms with Crippen LogP contribution in [-0.2, 0) is 9.53 Å². The van der Waals surface area contributed by atoms with Gasteiger partial charge in [-0.05, 0) is 51.4 Å². The summed E-state index contributed by atoms with van der Waals surface area (Å²) in [6.45, 7) is 7.07. The fourth-order valence-electron chi connectivity index (χ4n) is 4.25. The minimum Gasteiger partial charge on any atom is -0.460 e. The predicted octanol–water partition coefficient (Wildman–Crippen LogP) is 4.53. The van der Waals surface area contributed by atoms with E-state index in [-0.39, 0.29) is 19.3 Å². The molecule has 5 unspecified atom stereocenters. The zero-order valence-corrected chi connectivity index (χ0v) is 13.6. The SMILES string of the molecule is CC1C2CC(CC2C(=O)OC(C)(C)C)C1C(F)(F)C(C)(F)F. The molecule has 2 rings (SSSR count). The van der Waals surface area contributed by atoms with Crippen molar-refractivity contribution in [3.63, 3.8) is 0 Å². The lowest BCUT2D eigenvalue weighted by Gasteiger charge is -2.39. The summed E-state index contributed by atoms with van der Waals surface area (Å²) in [6.07, 6.45) is 0.627. The first-order chi connectivity index (χ1) is 9.75. The maximum atomic E-state index is 14.1. The summed E-state index contributed by atoms with van der Waals surface area (Å²) in [5, 5.41) is 0. The third kappa shape index (κ3) is 2.85. The molecule has 0 aromatic carbocycles. The van der Waals surface area contributed by atoms with Crippen LogP contribution < -0.4 is 0 Å². The number of alkyl halides is 4. The quantitative estimate of drug-likeness (QED) is 0.563. The standard InChI is InChI=1S/C16H24F4O2/c1-8-10-6-9(12(8)16(19,20)15(5,17)18)7-11(10)13(21)22-14(2,3)4/h8-12H,6-7H2,1-5H3. The molecule has 128 valence electrons. The molecular weight excluding hydrogens is 300 g/mol. The van der Waals surface area contributed by atoms with E-state index in [9.17, 15) is 22.4 Å². The van der Waals surface area contributed by atoms with Crippen molar-refractivity contribution >= 4 is 5.97 Å². The van der Waals surface area contributed by atoms with Crippen molar-refractivity contribution in [2.45, 2.75) is 64.9 Å². The van der Waals surface area contributed by atoms with Gasteiger partial charge in [-0.3, -0.25) is 4.79 Å². The van der Waals surface area contributed by atoms with Gasteiger partial charge in [0.2, 0.25) is 0 Å². The van der Waals surface area contributed by atoms with Crippen molar-refractivity contribution in [3.8, 4) is 0 Å². The molecule has 2 aliphatic carbocycles. The zero-order valence-electron chi connectivity index (χ0n) is 13.6. The molecule has 0 aromatic heterocycles. The van der Waals surface area contributed by atoms with Crippen LogP contribution >= 0.6 is 0 Å². The fourth-order valence-corrected chi connectivity index (χ4v) is 4.25. The lowest BCUT2D eigenvalue weighted by atomic mass is 9.71. The number of rotatable bonds is 3. The van der Waals surface area contributed by atoms with E-state index < -0.39 is 47.1 Å². The normalized spacial score (nSPS) is 35.8. The van der Waals surface area contributed by atoms with Gasteiger partial charge in [-0.2, -0.15) is 8.78 Å². The number of ether oxygens (including phenoxy) is 1. The summed E-state index contributed by atoms with van der Waals surface area (Å²) in [4.78, 5) is 12.2. The van der Waals surface area contributed by atoms with Gasteiger partial charge in [0.15, 0.2) is 0 Å². The van der Waals surface area contributed by atoms with Crippen molar-refractivity contribution in [2.75, 3.05) is 0 Å². The smallest absolute Gasteiger partial charge is 0.313 e. The molecule has 0 radical (unpaired) electrons. The Balaban J connectivity index is 2.14. The first-order valence-corrected chi connectivity index (χ1v) is 7.74. The predicted molar refractivity (Wildman–Crippen MR) is 73.8 cm³/mol. The number of carbonyl (C=O) groups is 1. The first-order valence-electron chi connectivity index (χ1n) is 7.74. The Labute approximate surface area is 128 Å². The van der Waals surface area contributed by atoms with Crippen LogP contribution in [0.5, 0.6) is 0 Å². The molecule has 0 aromatic rings. The average molecular weight is 324 g/mol. The summed E-state index contributed by atoms with van der Waals surface area (Å²) >= 11 is 0. The maximum Gasteiger partial charge on any atom is 0.313 e. The number of fused-ring (bicyclic) bond motifs is 2. The van der Waals surface area contributed by atoms with Crippen LogP contribution in [0.15, 0.2) is 0 Å². The summed E-state index contributed by atoms with van der Waals surface area (Å²) in [7, 11) is 0. The minimum absolute atomic E-state index is 0.222. The Morgan fingerprint density at radius 2 is 1.59 bits per heavy atom. The second-order valence-corrected chi connectivity index (χ2v) is 7.93. The largest absolute Gasteiger partial charge is 0.460 e. The molecule has 0 heterocycles.